The highest BCUT2D eigenvalue weighted by Crippen LogP contribution is 2.28. The van der Waals surface area contributed by atoms with E-state index in [2.05, 4.69) is 39.8 Å². The number of carbonyl (C=O) groups excluding carboxylic acids is 1. The summed E-state index contributed by atoms with van der Waals surface area (Å²) in [5.41, 5.74) is 2.24. The number of rotatable bonds is 5. The molecular formula is C19H29N3O. The molecule has 2 aliphatic rings. The van der Waals surface area contributed by atoms with E-state index in [1.165, 1.54) is 44.5 Å². The van der Waals surface area contributed by atoms with E-state index in [9.17, 15) is 4.79 Å². The molecular weight excluding hydrogens is 286 g/mol. The Morgan fingerprint density at radius 3 is 2.74 bits per heavy atom. The van der Waals surface area contributed by atoms with Crippen molar-refractivity contribution < 1.29 is 4.79 Å². The highest BCUT2D eigenvalue weighted by molar-refractivity contribution is 5.78. The molecule has 4 heteroatoms. The van der Waals surface area contributed by atoms with E-state index in [0.717, 1.165) is 11.6 Å². The maximum Gasteiger partial charge on any atom is 0.224 e. The molecule has 3 rings (SSSR count). The van der Waals surface area contributed by atoms with Gasteiger partial charge in [-0.1, -0.05) is 12.1 Å². The van der Waals surface area contributed by atoms with Crippen LogP contribution in [0.2, 0.25) is 0 Å². The molecule has 2 unspecified atom stereocenters. The molecule has 2 aliphatic heterocycles. The minimum absolute atomic E-state index is 0.0920. The molecule has 2 saturated heterocycles. The second-order valence-electron chi connectivity index (χ2n) is 7.29. The van der Waals surface area contributed by atoms with E-state index in [-0.39, 0.29) is 11.9 Å². The van der Waals surface area contributed by atoms with Crippen LogP contribution in [0.15, 0.2) is 24.3 Å². The van der Waals surface area contributed by atoms with Crippen molar-refractivity contribution in [2.45, 2.75) is 64.1 Å². The summed E-state index contributed by atoms with van der Waals surface area (Å²) in [6, 6.07) is 9.92. The van der Waals surface area contributed by atoms with Crippen molar-refractivity contribution in [1.29, 1.82) is 0 Å². The number of nitrogens with zero attached hydrogens (tertiary/aromatic N) is 1. The van der Waals surface area contributed by atoms with Gasteiger partial charge in [-0.05, 0) is 63.8 Å². The Morgan fingerprint density at radius 2 is 2.00 bits per heavy atom. The van der Waals surface area contributed by atoms with Crippen molar-refractivity contribution in [3.8, 4) is 0 Å². The van der Waals surface area contributed by atoms with Gasteiger partial charge < -0.3 is 15.5 Å². The molecule has 1 amide bonds. The Morgan fingerprint density at radius 1 is 1.22 bits per heavy atom. The molecule has 0 bridgehead atoms. The first-order valence-electron chi connectivity index (χ1n) is 8.99. The second-order valence-corrected chi connectivity index (χ2v) is 7.29. The predicted molar refractivity (Wildman–Crippen MR) is 94.7 cm³/mol. The zero-order valence-corrected chi connectivity index (χ0v) is 14.3. The fourth-order valence-corrected chi connectivity index (χ4v) is 3.87. The molecule has 0 aliphatic carbocycles. The molecule has 0 radical (unpaired) electrons. The highest BCUT2D eigenvalue weighted by atomic mass is 16.1. The molecule has 126 valence electrons. The van der Waals surface area contributed by atoms with Crippen LogP contribution < -0.4 is 10.6 Å². The number of hydrogen-bond donors (Lipinski definition) is 2. The van der Waals surface area contributed by atoms with Gasteiger partial charge in [0.15, 0.2) is 0 Å². The number of piperidine rings is 1. The van der Waals surface area contributed by atoms with Gasteiger partial charge in [-0.2, -0.15) is 0 Å². The molecule has 2 atom stereocenters. The van der Waals surface area contributed by atoms with E-state index in [4.69, 9.17) is 0 Å². The summed E-state index contributed by atoms with van der Waals surface area (Å²) in [6.45, 7) is 6.50. The summed E-state index contributed by atoms with van der Waals surface area (Å²) in [7, 11) is 0. The summed E-state index contributed by atoms with van der Waals surface area (Å²) in [6.07, 6.45) is 5.68. The third-order valence-electron chi connectivity index (χ3n) is 4.96. The zero-order chi connectivity index (χ0) is 16.2. The summed E-state index contributed by atoms with van der Waals surface area (Å²) in [5.74, 6) is 0.0920. The maximum absolute atomic E-state index is 11.8. The van der Waals surface area contributed by atoms with Crippen molar-refractivity contribution in [3.63, 3.8) is 0 Å². The number of benzene rings is 1. The molecule has 0 aromatic heterocycles. The third-order valence-corrected chi connectivity index (χ3v) is 4.96. The molecule has 23 heavy (non-hydrogen) atoms. The lowest BCUT2D eigenvalue weighted by Crippen LogP contribution is -2.42. The van der Waals surface area contributed by atoms with Gasteiger partial charge in [0, 0.05) is 30.4 Å². The Bertz CT molecular complexity index is 526. The number of amides is 1. The van der Waals surface area contributed by atoms with Crippen molar-refractivity contribution in [2.75, 3.05) is 18.4 Å². The predicted octanol–water partition coefficient (Wildman–Crippen LogP) is 2.79. The smallest absolute Gasteiger partial charge is 0.224 e. The van der Waals surface area contributed by atoms with Crippen LogP contribution in [0.4, 0.5) is 5.69 Å². The van der Waals surface area contributed by atoms with Crippen LogP contribution in [0, 0.1) is 0 Å². The van der Waals surface area contributed by atoms with Crippen LogP contribution in [0.3, 0.4) is 0 Å². The lowest BCUT2D eigenvalue weighted by molar-refractivity contribution is -0.120. The lowest BCUT2D eigenvalue weighted by Gasteiger charge is -2.35. The van der Waals surface area contributed by atoms with E-state index in [0.29, 0.717) is 12.5 Å². The Balaban J connectivity index is 1.50. The molecule has 0 spiro atoms. The van der Waals surface area contributed by atoms with Crippen LogP contribution in [0.5, 0.6) is 0 Å². The van der Waals surface area contributed by atoms with Crippen molar-refractivity contribution in [1.82, 2.24) is 10.2 Å². The monoisotopic (exact) mass is 315 g/mol. The van der Waals surface area contributed by atoms with Gasteiger partial charge >= 0.3 is 0 Å². The summed E-state index contributed by atoms with van der Waals surface area (Å²) < 4.78 is 0. The molecule has 2 heterocycles. The molecule has 2 N–H and O–H groups in total. The fraction of sp³-hybridized carbons (Fsp3) is 0.632. The molecule has 4 nitrogen and oxygen atoms in total. The molecule has 1 aromatic carbocycles. The number of fused-ring (bicyclic) bond motifs is 1. The molecule has 2 fully saturated rings. The number of carbonyl (C=O) groups is 1. The largest absolute Gasteiger partial charge is 0.382 e. The van der Waals surface area contributed by atoms with Gasteiger partial charge in [-0.3, -0.25) is 4.79 Å². The average Bonchev–Trinajstić information content (AvgIpc) is 2.96. The van der Waals surface area contributed by atoms with Gasteiger partial charge in [-0.15, -0.1) is 0 Å². The quantitative estimate of drug-likeness (QED) is 0.878. The van der Waals surface area contributed by atoms with Crippen LogP contribution in [0.1, 0.15) is 45.1 Å². The van der Waals surface area contributed by atoms with E-state index in [1.54, 1.807) is 0 Å². The van der Waals surface area contributed by atoms with Crippen LogP contribution in [0.25, 0.3) is 0 Å². The first-order valence-corrected chi connectivity index (χ1v) is 8.99. The Hall–Kier alpha value is -1.55. The van der Waals surface area contributed by atoms with Crippen LogP contribution >= 0.6 is 0 Å². The Kier molecular flexibility index (Phi) is 5.21. The number of hydrogen-bond acceptors (Lipinski definition) is 3. The molecule has 1 aromatic rings. The third kappa shape index (κ3) is 4.47. The highest BCUT2D eigenvalue weighted by Gasteiger charge is 2.31. The minimum atomic E-state index is 0.0920. The zero-order valence-electron chi connectivity index (χ0n) is 14.3. The van der Waals surface area contributed by atoms with Crippen LogP contribution in [-0.2, 0) is 11.2 Å². The summed E-state index contributed by atoms with van der Waals surface area (Å²) >= 11 is 0. The van der Waals surface area contributed by atoms with Gasteiger partial charge in [-0.25, -0.2) is 0 Å². The fourth-order valence-electron chi connectivity index (χ4n) is 3.87. The SMILES string of the molecule is CC(C)NC(=O)Cc1ccc(NC2CCN3CCCC3C2)cc1. The maximum atomic E-state index is 11.8. The first-order chi connectivity index (χ1) is 11.1. The van der Waals surface area contributed by atoms with Crippen molar-refractivity contribution >= 4 is 11.6 Å². The minimum Gasteiger partial charge on any atom is -0.382 e. The topological polar surface area (TPSA) is 44.4 Å². The second kappa shape index (κ2) is 7.35. The van der Waals surface area contributed by atoms with Crippen LogP contribution in [-0.4, -0.2) is 42.0 Å². The summed E-state index contributed by atoms with van der Waals surface area (Å²) in [5, 5.41) is 6.61. The van der Waals surface area contributed by atoms with Crippen molar-refractivity contribution in [3.05, 3.63) is 29.8 Å². The lowest BCUT2D eigenvalue weighted by atomic mass is 9.97. The number of nitrogens with one attached hydrogen (secondary N) is 2. The normalized spacial score (nSPS) is 24.5. The van der Waals surface area contributed by atoms with E-state index in [1.807, 2.05) is 13.8 Å². The average molecular weight is 315 g/mol. The molecule has 0 saturated carbocycles. The summed E-state index contributed by atoms with van der Waals surface area (Å²) in [4.78, 5) is 14.4. The van der Waals surface area contributed by atoms with Crippen molar-refractivity contribution in [2.24, 2.45) is 0 Å². The van der Waals surface area contributed by atoms with E-state index >= 15 is 0 Å². The van der Waals surface area contributed by atoms with Gasteiger partial charge in [0.1, 0.15) is 0 Å². The standard InChI is InChI=1S/C19H29N3O/c1-14(2)20-19(23)12-15-5-7-16(8-6-15)21-17-9-11-22-10-3-4-18(22)13-17/h5-8,14,17-18,21H,3-4,9-13H2,1-2H3,(H,20,23). The van der Waals surface area contributed by atoms with Gasteiger partial charge in [0.25, 0.3) is 0 Å². The van der Waals surface area contributed by atoms with E-state index < -0.39 is 0 Å². The van der Waals surface area contributed by atoms with Gasteiger partial charge in [0.2, 0.25) is 5.91 Å². The van der Waals surface area contributed by atoms with Gasteiger partial charge in [0.05, 0.1) is 6.42 Å². The first kappa shape index (κ1) is 16.3. The Labute approximate surface area is 139 Å². The number of anilines is 1.